The van der Waals surface area contributed by atoms with Gasteiger partial charge in [-0.1, -0.05) is 41.9 Å². The molecule has 0 fully saturated rings. The molecular weight excluding hydrogens is 316 g/mol. The van der Waals surface area contributed by atoms with Gasteiger partial charge >= 0.3 is 0 Å². The van der Waals surface area contributed by atoms with E-state index in [0.717, 1.165) is 33.8 Å². The van der Waals surface area contributed by atoms with Gasteiger partial charge in [-0.25, -0.2) is 0 Å². The minimum atomic E-state index is -0.613. The second-order valence-corrected chi connectivity index (χ2v) is 6.00. The summed E-state index contributed by atoms with van der Waals surface area (Å²) in [6.45, 7) is 5.34. The van der Waals surface area contributed by atoms with Gasteiger partial charge in [-0.2, -0.15) is 0 Å². The van der Waals surface area contributed by atoms with Crippen molar-refractivity contribution < 1.29 is 5.11 Å². The molecule has 1 aromatic carbocycles. The van der Waals surface area contributed by atoms with Gasteiger partial charge in [0, 0.05) is 29.1 Å². The van der Waals surface area contributed by atoms with E-state index in [0.29, 0.717) is 13.1 Å². The van der Waals surface area contributed by atoms with E-state index in [9.17, 15) is 5.11 Å². The molecule has 0 bridgehead atoms. The van der Waals surface area contributed by atoms with Crippen molar-refractivity contribution in [3.8, 4) is 0 Å². The summed E-state index contributed by atoms with van der Waals surface area (Å²) in [5.41, 5.74) is 1.54. The Morgan fingerprint density at radius 2 is 2.00 bits per heavy atom. The van der Waals surface area contributed by atoms with Crippen molar-refractivity contribution in [3.05, 3.63) is 40.5 Å². The molecule has 4 heteroatoms. The number of fused-ring (bicyclic) bond motifs is 1. The predicted octanol–water partition coefficient (Wildman–Crippen LogP) is 3.64. The molecule has 0 saturated heterocycles. The van der Waals surface area contributed by atoms with Crippen molar-refractivity contribution in [2.24, 2.45) is 0 Å². The number of nitrogens with one attached hydrogen (secondary N) is 1. The fourth-order valence-electron chi connectivity index (χ4n) is 2.27. The lowest BCUT2D eigenvalue weighted by atomic mass is 9.97. The standard InChI is InChI=1S/C16H21BrN2O/c1-3-16(20,4-2)11-18-10-12-7-8-14(17)13-6-5-9-19-15(12)13/h5-9,18,20H,3-4,10-11H2,1-2H3. The number of aromatic nitrogens is 1. The summed E-state index contributed by atoms with van der Waals surface area (Å²) < 4.78 is 1.06. The number of pyridine rings is 1. The van der Waals surface area contributed by atoms with Crippen molar-refractivity contribution in [2.45, 2.75) is 38.8 Å². The highest BCUT2D eigenvalue weighted by Gasteiger charge is 2.21. The Labute approximate surface area is 128 Å². The Morgan fingerprint density at radius 3 is 2.70 bits per heavy atom. The van der Waals surface area contributed by atoms with Crippen molar-refractivity contribution in [3.63, 3.8) is 0 Å². The average Bonchev–Trinajstić information content (AvgIpc) is 2.49. The van der Waals surface area contributed by atoms with E-state index in [-0.39, 0.29) is 0 Å². The summed E-state index contributed by atoms with van der Waals surface area (Å²) in [5.74, 6) is 0. The number of benzene rings is 1. The van der Waals surface area contributed by atoms with Gasteiger partial charge in [-0.3, -0.25) is 4.98 Å². The lowest BCUT2D eigenvalue weighted by Gasteiger charge is -2.25. The normalized spacial score (nSPS) is 12.0. The number of nitrogens with zero attached hydrogens (tertiary/aromatic N) is 1. The lowest BCUT2D eigenvalue weighted by Crippen LogP contribution is -2.39. The Balaban J connectivity index is 2.13. The van der Waals surface area contributed by atoms with Crippen molar-refractivity contribution in [1.82, 2.24) is 10.3 Å². The molecule has 0 saturated carbocycles. The third-order valence-corrected chi connectivity index (χ3v) is 4.58. The maximum absolute atomic E-state index is 10.3. The van der Waals surface area contributed by atoms with Crippen molar-refractivity contribution in [1.29, 1.82) is 0 Å². The molecular formula is C16H21BrN2O. The first-order chi connectivity index (χ1) is 9.59. The van der Waals surface area contributed by atoms with Crippen LogP contribution in [0.15, 0.2) is 34.9 Å². The van der Waals surface area contributed by atoms with Crippen LogP contribution in [0, 0.1) is 0 Å². The average molecular weight is 337 g/mol. The fourth-order valence-corrected chi connectivity index (χ4v) is 2.72. The van der Waals surface area contributed by atoms with Crippen LogP contribution >= 0.6 is 15.9 Å². The Kier molecular flexibility index (Phi) is 5.13. The van der Waals surface area contributed by atoms with Crippen LogP contribution in [-0.2, 0) is 6.54 Å². The maximum Gasteiger partial charge on any atom is 0.0766 e. The lowest BCUT2D eigenvalue weighted by molar-refractivity contribution is 0.0323. The molecule has 0 aliphatic heterocycles. The molecule has 0 radical (unpaired) electrons. The van der Waals surface area contributed by atoms with E-state index in [1.807, 2.05) is 32.2 Å². The van der Waals surface area contributed by atoms with Crippen LogP contribution in [0.1, 0.15) is 32.3 Å². The summed E-state index contributed by atoms with van der Waals surface area (Å²) in [6, 6.07) is 8.12. The van der Waals surface area contributed by atoms with Crippen LogP contribution in [-0.4, -0.2) is 22.2 Å². The van der Waals surface area contributed by atoms with Crippen molar-refractivity contribution in [2.75, 3.05) is 6.54 Å². The van der Waals surface area contributed by atoms with E-state index in [1.165, 1.54) is 0 Å². The van der Waals surface area contributed by atoms with Gasteiger partial charge in [0.05, 0.1) is 11.1 Å². The van der Waals surface area contributed by atoms with Crippen LogP contribution in [0.4, 0.5) is 0 Å². The molecule has 0 unspecified atom stereocenters. The van der Waals surface area contributed by atoms with E-state index in [2.05, 4.69) is 38.4 Å². The second-order valence-electron chi connectivity index (χ2n) is 5.14. The van der Waals surface area contributed by atoms with Crippen LogP contribution < -0.4 is 5.32 Å². The van der Waals surface area contributed by atoms with E-state index < -0.39 is 5.60 Å². The van der Waals surface area contributed by atoms with Gasteiger partial charge in [0.25, 0.3) is 0 Å². The summed E-state index contributed by atoms with van der Waals surface area (Å²) >= 11 is 3.55. The first kappa shape index (κ1) is 15.4. The molecule has 0 amide bonds. The van der Waals surface area contributed by atoms with Gasteiger partial charge < -0.3 is 10.4 Å². The summed E-state index contributed by atoms with van der Waals surface area (Å²) in [7, 11) is 0. The number of aliphatic hydroxyl groups is 1. The molecule has 2 aromatic rings. The molecule has 1 aromatic heterocycles. The minimum Gasteiger partial charge on any atom is -0.389 e. The van der Waals surface area contributed by atoms with E-state index >= 15 is 0 Å². The predicted molar refractivity (Wildman–Crippen MR) is 86.7 cm³/mol. The highest BCUT2D eigenvalue weighted by atomic mass is 79.9. The molecule has 3 nitrogen and oxygen atoms in total. The molecule has 20 heavy (non-hydrogen) atoms. The van der Waals surface area contributed by atoms with Gasteiger partial charge in [0.15, 0.2) is 0 Å². The first-order valence-corrected chi connectivity index (χ1v) is 7.84. The highest BCUT2D eigenvalue weighted by molar-refractivity contribution is 9.10. The van der Waals surface area contributed by atoms with Crippen LogP contribution in [0.25, 0.3) is 10.9 Å². The van der Waals surface area contributed by atoms with Gasteiger partial charge in [0.2, 0.25) is 0 Å². The Morgan fingerprint density at radius 1 is 1.25 bits per heavy atom. The molecule has 1 heterocycles. The highest BCUT2D eigenvalue weighted by Crippen LogP contribution is 2.25. The van der Waals surface area contributed by atoms with Gasteiger partial charge in [-0.05, 0) is 30.5 Å². The largest absolute Gasteiger partial charge is 0.389 e. The molecule has 0 spiro atoms. The molecule has 2 rings (SSSR count). The molecule has 0 aliphatic carbocycles. The number of halogens is 1. The third kappa shape index (κ3) is 3.37. The van der Waals surface area contributed by atoms with Crippen LogP contribution in [0.2, 0.25) is 0 Å². The minimum absolute atomic E-state index is 0.602. The van der Waals surface area contributed by atoms with E-state index in [4.69, 9.17) is 0 Å². The smallest absolute Gasteiger partial charge is 0.0766 e. The fraction of sp³-hybridized carbons (Fsp3) is 0.438. The van der Waals surface area contributed by atoms with Gasteiger partial charge in [0.1, 0.15) is 0 Å². The van der Waals surface area contributed by atoms with Crippen molar-refractivity contribution >= 4 is 26.8 Å². The first-order valence-electron chi connectivity index (χ1n) is 7.05. The summed E-state index contributed by atoms with van der Waals surface area (Å²) in [5, 5.41) is 14.7. The molecule has 0 aliphatic rings. The van der Waals surface area contributed by atoms with Gasteiger partial charge in [-0.15, -0.1) is 0 Å². The zero-order valence-corrected chi connectivity index (χ0v) is 13.6. The molecule has 108 valence electrons. The quantitative estimate of drug-likeness (QED) is 0.846. The SMILES string of the molecule is CCC(O)(CC)CNCc1ccc(Br)c2cccnc12. The summed E-state index contributed by atoms with van der Waals surface area (Å²) in [6.07, 6.45) is 3.33. The Hall–Kier alpha value is -0.970. The second kappa shape index (κ2) is 6.66. The Bertz CT molecular complexity index is 582. The zero-order chi connectivity index (χ0) is 14.6. The number of hydrogen-bond donors (Lipinski definition) is 2. The molecule has 2 N–H and O–H groups in total. The maximum atomic E-state index is 10.3. The summed E-state index contributed by atoms with van der Waals surface area (Å²) in [4.78, 5) is 4.46. The van der Waals surface area contributed by atoms with Crippen LogP contribution in [0.3, 0.4) is 0 Å². The number of rotatable bonds is 6. The third-order valence-electron chi connectivity index (χ3n) is 3.89. The monoisotopic (exact) mass is 336 g/mol. The topological polar surface area (TPSA) is 45.1 Å². The number of hydrogen-bond acceptors (Lipinski definition) is 3. The van der Waals surface area contributed by atoms with E-state index in [1.54, 1.807) is 0 Å². The van der Waals surface area contributed by atoms with Crippen LogP contribution in [0.5, 0.6) is 0 Å². The molecule has 0 atom stereocenters. The zero-order valence-electron chi connectivity index (χ0n) is 12.0.